The fourth-order valence-electron chi connectivity index (χ4n) is 3.08. The largest absolute Gasteiger partial charge is 0.334 e. The van der Waals surface area contributed by atoms with Crippen molar-refractivity contribution in [1.82, 2.24) is 9.88 Å². The van der Waals surface area contributed by atoms with Gasteiger partial charge in [-0.1, -0.05) is 30.3 Å². The van der Waals surface area contributed by atoms with E-state index in [1.54, 1.807) is 4.90 Å². The molecule has 5 nitrogen and oxygen atoms in total. The number of thiazole rings is 1. The first-order valence-electron chi connectivity index (χ1n) is 7.95. The van der Waals surface area contributed by atoms with Crippen molar-refractivity contribution in [2.75, 3.05) is 18.1 Å². The van der Waals surface area contributed by atoms with Crippen LogP contribution in [0.2, 0.25) is 0 Å². The van der Waals surface area contributed by atoms with Crippen molar-refractivity contribution in [3.8, 4) is 11.3 Å². The third-order valence-corrected chi connectivity index (χ3v) is 6.94. The van der Waals surface area contributed by atoms with E-state index in [1.165, 1.54) is 11.3 Å². The lowest BCUT2D eigenvalue weighted by Gasteiger charge is -2.26. The fourth-order valence-corrected chi connectivity index (χ4v) is 5.71. The van der Waals surface area contributed by atoms with Crippen molar-refractivity contribution in [1.29, 1.82) is 0 Å². The maximum absolute atomic E-state index is 13.1. The number of hydrogen-bond acceptors (Lipinski definition) is 5. The summed E-state index contributed by atoms with van der Waals surface area (Å²) in [7, 11) is -3.03. The summed E-state index contributed by atoms with van der Waals surface area (Å²) in [5.41, 5.74) is 1.59. The SMILES string of the molecule is CCN(C(=O)c1sc(C)nc1-c1ccccc1)C1CCS(=O)(=O)C1. The van der Waals surface area contributed by atoms with Crippen LogP contribution in [0.25, 0.3) is 11.3 Å². The first-order valence-corrected chi connectivity index (χ1v) is 10.6. The minimum Gasteiger partial charge on any atom is -0.334 e. The van der Waals surface area contributed by atoms with Gasteiger partial charge in [0.25, 0.3) is 5.91 Å². The molecule has 7 heteroatoms. The van der Waals surface area contributed by atoms with Crippen LogP contribution in [-0.2, 0) is 9.84 Å². The van der Waals surface area contributed by atoms with Crippen LogP contribution < -0.4 is 0 Å². The predicted octanol–water partition coefficient (Wildman–Crippen LogP) is 2.77. The molecule has 1 aliphatic heterocycles. The van der Waals surface area contributed by atoms with E-state index in [4.69, 9.17) is 0 Å². The summed E-state index contributed by atoms with van der Waals surface area (Å²) >= 11 is 1.37. The highest BCUT2D eigenvalue weighted by Crippen LogP contribution is 2.30. The molecular weight excluding hydrogens is 344 g/mol. The van der Waals surface area contributed by atoms with Crippen LogP contribution in [0.5, 0.6) is 0 Å². The van der Waals surface area contributed by atoms with E-state index in [-0.39, 0.29) is 23.5 Å². The predicted molar refractivity (Wildman–Crippen MR) is 96.1 cm³/mol. The van der Waals surface area contributed by atoms with E-state index in [0.29, 0.717) is 23.5 Å². The van der Waals surface area contributed by atoms with Gasteiger partial charge in [0.15, 0.2) is 9.84 Å². The van der Waals surface area contributed by atoms with Gasteiger partial charge in [-0.2, -0.15) is 0 Å². The van der Waals surface area contributed by atoms with Crippen molar-refractivity contribution in [2.24, 2.45) is 0 Å². The van der Waals surface area contributed by atoms with E-state index >= 15 is 0 Å². The Kier molecular flexibility index (Phi) is 4.73. The Morgan fingerprint density at radius 3 is 2.62 bits per heavy atom. The molecule has 0 N–H and O–H groups in total. The first-order chi connectivity index (χ1) is 11.4. The van der Waals surface area contributed by atoms with Crippen LogP contribution >= 0.6 is 11.3 Å². The topological polar surface area (TPSA) is 67.3 Å². The molecule has 0 bridgehead atoms. The van der Waals surface area contributed by atoms with Gasteiger partial charge in [0.2, 0.25) is 0 Å². The van der Waals surface area contributed by atoms with Gasteiger partial charge in [0.1, 0.15) is 4.88 Å². The molecule has 3 rings (SSSR count). The first kappa shape index (κ1) is 17.1. The van der Waals surface area contributed by atoms with Crippen LogP contribution in [0.4, 0.5) is 0 Å². The number of carbonyl (C=O) groups excluding carboxylic acids is 1. The van der Waals surface area contributed by atoms with Crippen LogP contribution in [0.15, 0.2) is 30.3 Å². The van der Waals surface area contributed by atoms with Gasteiger partial charge in [-0.25, -0.2) is 13.4 Å². The number of rotatable bonds is 4. The smallest absolute Gasteiger partial charge is 0.266 e. The lowest BCUT2D eigenvalue weighted by Crippen LogP contribution is -2.40. The number of aryl methyl sites for hydroxylation is 1. The molecule has 1 amide bonds. The van der Waals surface area contributed by atoms with E-state index in [2.05, 4.69) is 4.98 Å². The second-order valence-electron chi connectivity index (χ2n) is 5.92. The summed E-state index contributed by atoms with van der Waals surface area (Å²) in [6, 6.07) is 9.38. The van der Waals surface area contributed by atoms with Gasteiger partial charge < -0.3 is 4.90 Å². The molecule has 0 saturated carbocycles. The van der Waals surface area contributed by atoms with Gasteiger partial charge in [0, 0.05) is 18.2 Å². The lowest BCUT2D eigenvalue weighted by molar-refractivity contribution is 0.0714. The number of nitrogens with zero attached hydrogens (tertiary/aromatic N) is 2. The Morgan fingerprint density at radius 1 is 1.33 bits per heavy atom. The number of amides is 1. The number of hydrogen-bond donors (Lipinski definition) is 0. The highest BCUT2D eigenvalue weighted by molar-refractivity contribution is 7.91. The number of benzene rings is 1. The quantitative estimate of drug-likeness (QED) is 0.837. The highest BCUT2D eigenvalue weighted by atomic mass is 32.2. The van der Waals surface area contributed by atoms with Gasteiger partial charge >= 0.3 is 0 Å². The average molecular weight is 364 g/mol. The third-order valence-electron chi connectivity index (χ3n) is 4.23. The van der Waals surface area contributed by atoms with E-state index in [9.17, 15) is 13.2 Å². The Balaban J connectivity index is 1.95. The van der Waals surface area contributed by atoms with Gasteiger partial charge in [-0.15, -0.1) is 11.3 Å². The lowest BCUT2D eigenvalue weighted by atomic mass is 10.1. The highest BCUT2D eigenvalue weighted by Gasteiger charge is 2.35. The normalized spacial score (nSPS) is 19.3. The summed E-state index contributed by atoms with van der Waals surface area (Å²) in [6.45, 7) is 4.26. The molecule has 1 saturated heterocycles. The molecule has 24 heavy (non-hydrogen) atoms. The standard InChI is InChI=1S/C17H20N2O3S2/c1-3-19(14-9-10-24(21,22)11-14)17(20)16-15(18-12(2)23-16)13-7-5-4-6-8-13/h4-8,14H,3,9-11H2,1-2H3. The molecular formula is C17H20N2O3S2. The second-order valence-corrected chi connectivity index (χ2v) is 9.36. The molecule has 128 valence electrons. The Morgan fingerprint density at radius 2 is 2.04 bits per heavy atom. The average Bonchev–Trinajstić information content (AvgIpc) is 3.11. The Bertz CT molecular complexity index is 844. The molecule has 1 aliphatic rings. The zero-order valence-electron chi connectivity index (χ0n) is 13.7. The summed E-state index contributed by atoms with van der Waals surface area (Å²) in [4.78, 5) is 19.9. The van der Waals surface area contributed by atoms with Crippen LogP contribution in [0.1, 0.15) is 28.0 Å². The summed E-state index contributed by atoms with van der Waals surface area (Å²) in [6.07, 6.45) is 0.514. The third kappa shape index (κ3) is 3.37. The molecule has 0 radical (unpaired) electrons. The molecule has 2 aromatic rings. The van der Waals surface area contributed by atoms with Crippen LogP contribution in [-0.4, -0.2) is 48.3 Å². The van der Waals surface area contributed by atoms with Crippen molar-refractivity contribution in [3.05, 3.63) is 40.2 Å². The Labute approximate surface area is 146 Å². The zero-order valence-corrected chi connectivity index (χ0v) is 15.4. The van der Waals surface area contributed by atoms with Crippen molar-refractivity contribution in [2.45, 2.75) is 26.3 Å². The monoisotopic (exact) mass is 364 g/mol. The molecule has 1 aromatic heterocycles. The van der Waals surface area contributed by atoms with E-state index in [1.807, 2.05) is 44.2 Å². The molecule has 1 fully saturated rings. The minimum atomic E-state index is -3.03. The number of sulfone groups is 1. The fraction of sp³-hybridized carbons (Fsp3) is 0.412. The minimum absolute atomic E-state index is 0.0606. The molecule has 0 aliphatic carbocycles. The van der Waals surface area contributed by atoms with E-state index < -0.39 is 9.84 Å². The Hall–Kier alpha value is -1.73. The molecule has 0 spiro atoms. The van der Waals surface area contributed by atoms with Crippen LogP contribution in [0.3, 0.4) is 0 Å². The maximum atomic E-state index is 13.1. The van der Waals surface area contributed by atoms with Crippen molar-refractivity contribution in [3.63, 3.8) is 0 Å². The molecule has 1 atom stereocenters. The zero-order chi connectivity index (χ0) is 17.3. The van der Waals surface area contributed by atoms with Gasteiger partial charge in [-0.05, 0) is 20.3 Å². The van der Waals surface area contributed by atoms with Crippen LogP contribution in [0, 0.1) is 6.92 Å². The summed E-state index contributed by atoms with van der Waals surface area (Å²) < 4.78 is 23.5. The molecule has 1 aromatic carbocycles. The van der Waals surface area contributed by atoms with Gasteiger partial charge in [0.05, 0.1) is 22.2 Å². The van der Waals surface area contributed by atoms with E-state index in [0.717, 1.165) is 10.6 Å². The van der Waals surface area contributed by atoms with Crippen molar-refractivity contribution >= 4 is 27.1 Å². The number of aromatic nitrogens is 1. The number of carbonyl (C=O) groups is 1. The van der Waals surface area contributed by atoms with Crippen molar-refractivity contribution < 1.29 is 13.2 Å². The molecule has 2 heterocycles. The van der Waals surface area contributed by atoms with Gasteiger partial charge in [-0.3, -0.25) is 4.79 Å². The molecule has 1 unspecified atom stereocenters. The summed E-state index contributed by atoms with van der Waals surface area (Å²) in [5, 5.41) is 0.826. The second kappa shape index (κ2) is 6.64. The summed E-state index contributed by atoms with van der Waals surface area (Å²) in [5.74, 6) is 0.101. The maximum Gasteiger partial charge on any atom is 0.266 e.